The molecule has 0 spiro atoms. The molecule has 0 fully saturated rings. The number of nitrogens with one attached hydrogen (secondary N) is 1. The van der Waals surface area contributed by atoms with Gasteiger partial charge in [-0.1, -0.05) is 104 Å². The predicted molar refractivity (Wildman–Crippen MR) is 164 cm³/mol. The van der Waals surface area contributed by atoms with Gasteiger partial charge in [-0.3, -0.25) is 0 Å². The number of nitrogen functional groups attached to an aromatic ring is 1. The third-order valence-corrected chi connectivity index (χ3v) is 7.86. The summed E-state index contributed by atoms with van der Waals surface area (Å²) < 4.78 is 2.12. The van der Waals surface area contributed by atoms with Crippen LogP contribution in [0.3, 0.4) is 0 Å². The van der Waals surface area contributed by atoms with E-state index in [-0.39, 0.29) is 5.92 Å². The lowest BCUT2D eigenvalue weighted by Crippen LogP contribution is -2.00. The van der Waals surface area contributed by atoms with E-state index in [1.54, 1.807) is 0 Å². The summed E-state index contributed by atoms with van der Waals surface area (Å²) in [6.07, 6.45) is 4.19. The lowest BCUT2D eigenvalue weighted by Gasteiger charge is -2.17. The molecule has 3 N–H and O–H groups in total. The van der Waals surface area contributed by atoms with Crippen LogP contribution in [0.15, 0.2) is 134 Å². The van der Waals surface area contributed by atoms with Crippen molar-refractivity contribution in [2.24, 2.45) is 0 Å². The third kappa shape index (κ3) is 4.00. The van der Waals surface area contributed by atoms with Gasteiger partial charge in [0, 0.05) is 51.4 Å². The van der Waals surface area contributed by atoms with E-state index < -0.39 is 0 Å². The second kappa shape index (κ2) is 9.38. The zero-order valence-corrected chi connectivity index (χ0v) is 21.8. The summed E-state index contributed by atoms with van der Waals surface area (Å²) in [5.74, 6) is 0.131. The van der Waals surface area contributed by atoms with Crippen molar-refractivity contribution in [3.8, 4) is 27.9 Å². The highest BCUT2D eigenvalue weighted by Gasteiger charge is 2.19. The number of benzene rings is 5. The van der Waals surface area contributed by atoms with Gasteiger partial charge in [-0.15, -0.1) is 0 Å². The van der Waals surface area contributed by atoms with Crippen molar-refractivity contribution in [2.75, 3.05) is 5.73 Å². The summed E-state index contributed by atoms with van der Waals surface area (Å²) in [6, 6.07) is 43.0. The maximum absolute atomic E-state index is 6.57. The first-order valence-corrected chi connectivity index (χ1v) is 13.4. The fourth-order valence-electron chi connectivity index (χ4n) is 5.87. The van der Waals surface area contributed by atoms with Crippen molar-refractivity contribution in [1.29, 1.82) is 0 Å². The maximum Gasteiger partial charge on any atom is 0.0544 e. The van der Waals surface area contributed by atoms with Crippen LogP contribution in [0.5, 0.6) is 0 Å². The van der Waals surface area contributed by atoms with Crippen molar-refractivity contribution in [1.82, 2.24) is 9.55 Å². The molecule has 2 aromatic heterocycles. The van der Waals surface area contributed by atoms with Crippen LogP contribution in [-0.4, -0.2) is 9.55 Å². The Kier molecular flexibility index (Phi) is 5.56. The summed E-state index contributed by atoms with van der Waals surface area (Å²) in [5.41, 5.74) is 18.0. The van der Waals surface area contributed by atoms with Gasteiger partial charge in [0.05, 0.1) is 11.2 Å². The van der Waals surface area contributed by atoms with Gasteiger partial charge in [-0.2, -0.15) is 0 Å². The fourth-order valence-corrected chi connectivity index (χ4v) is 5.87. The van der Waals surface area contributed by atoms with Gasteiger partial charge in [0.2, 0.25) is 0 Å². The SMILES string of the molecule is CC(c1cn(-c2ccccc2)cc1N)c1ccccc1-c1cccc(-c2cccc3c2[nH]c2ccccc23)c1. The second-order valence-corrected chi connectivity index (χ2v) is 10.2. The largest absolute Gasteiger partial charge is 0.397 e. The van der Waals surface area contributed by atoms with Crippen molar-refractivity contribution in [2.45, 2.75) is 12.8 Å². The molecular formula is C36H29N3. The van der Waals surface area contributed by atoms with E-state index in [4.69, 9.17) is 5.73 Å². The average Bonchev–Trinajstić information content (AvgIpc) is 3.58. The molecule has 0 amide bonds. The molecule has 7 rings (SSSR count). The average molecular weight is 504 g/mol. The number of aromatic nitrogens is 2. The highest BCUT2D eigenvalue weighted by Crippen LogP contribution is 2.39. The van der Waals surface area contributed by atoms with Gasteiger partial charge in [0.25, 0.3) is 0 Å². The second-order valence-electron chi connectivity index (χ2n) is 10.2. The zero-order valence-electron chi connectivity index (χ0n) is 21.8. The molecule has 2 heterocycles. The molecule has 1 atom stereocenters. The van der Waals surface area contributed by atoms with Crippen molar-refractivity contribution < 1.29 is 0 Å². The maximum atomic E-state index is 6.57. The number of aromatic amines is 1. The number of hydrogen-bond donors (Lipinski definition) is 2. The summed E-state index contributed by atoms with van der Waals surface area (Å²) in [5, 5.41) is 2.51. The molecule has 188 valence electrons. The molecule has 3 heteroatoms. The number of nitrogens with two attached hydrogens (primary N) is 1. The smallest absolute Gasteiger partial charge is 0.0544 e. The van der Waals surface area contributed by atoms with E-state index in [1.165, 1.54) is 44.1 Å². The van der Waals surface area contributed by atoms with E-state index in [9.17, 15) is 0 Å². The van der Waals surface area contributed by atoms with Crippen LogP contribution >= 0.6 is 0 Å². The van der Waals surface area contributed by atoms with Gasteiger partial charge < -0.3 is 15.3 Å². The highest BCUT2D eigenvalue weighted by atomic mass is 15.0. The number of H-pyrrole nitrogens is 1. The van der Waals surface area contributed by atoms with E-state index in [1.807, 2.05) is 24.4 Å². The number of anilines is 1. The van der Waals surface area contributed by atoms with Crippen LogP contribution in [-0.2, 0) is 0 Å². The first-order chi connectivity index (χ1) is 19.2. The lowest BCUT2D eigenvalue weighted by molar-refractivity contribution is 0.921. The van der Waals surface area contributed by atoms with Crippen LogP contribution in [0.4, 0.5) is 5.69 Å². The fraction of sp³-hybridized carbons (Fsp3) is 0.0556. The third-order valence-electron chi connectivity index (χ3n) is 7.86. The molecular weight excluding hydrogens is 474 g/mol. The minimum absolute atomic E-state index is 0.131. The van der Waals surface area contributed by atoms with E-state index >= 15 is 0 Å². The van der Waals surface area contributed by atoms with Gasteiger partial charge >= 0.3 is 0 Å². The Morgan fingerprint density at radius 2 is 1.28 bits per heavy atom. The monoisotopic (exact) mass is 503 g/mol. The molecule has 0 radical (unpaired) electrons. The summed E-state index contributed by atoms with van der Waals surface area (Å²) in [6.45, 7) is 2.24. The minimum atomic E-state index is 0.131. The Labute approximate surface area is 228 Å². The van der Waals surface area contributed by atoms with Gasteiger partial charge in [-0.05, 0) is 46.5 Å². The van der Waals surface area contributed by atoms with Gasteiger partial charge in [0.1, 0.15) is 0 Å². The first-order valence-electron chi connectivity index (χ1n) is 13.4. The normalized spacial score (nSPS) is 12.2. The van der Waals surface area contributed by atoms with E-state index in [2.05, 4.69) is 126 Å². The van der Waals surface area contributed by atoms with E-state index in [0.717, 1.165) is 22.5 Å². The number of fused-ring (bicyclic) bond motifs is 3. The predicted octanol–water partition coefficient (Wildman–Crippen LogP) is 9.18. The quantitative estimate of drug-likeness (QED) is 0.242. The Morgan fingerprint density at radius 1 is 0.615 bits per heavy atom. The number of hydrogen-bond acceptors (Lipinski definition) is 1. The Bertz CT molecular complexity index is 1940. The standard InChI is InChI=1S/C36H29N3/c1-24(33-22-39(23-34(33)37)27-13-3-2-4-14-27)28-15-5-6-16-29(28)25-11-9-12-26(21-25)30-18-10-19-32-31-17-7-8-20-35(31)38-36(30)32/h2-24,38H,37H2,1H3. The summed E-state index contributed by atoms with van der Waals surface area (Å²) in [4.78, 5) is 3.66. The van der Waals surface area contributed by atoms with Gasteiger partial charge in [0.15, 0.2) is 0 Å². The van der Waals surface area contributed by atoms with Gasteiger partial charge in [-0.25, -0.2) is 0 Å². The summed E-state index contributed by atoms with van der Waals surface area (Å²) in [7, 11) is 0. The first kappa shape index (κ1) is 23.1. The Hall–Kier alpha value is -5.02. The number of nitrogens with zero attached hydrogens (tertiary/aromatic N) is 1. The van der Waals surface area contributed by atoms with Crippen LogP contribution in [0.2, 0.25) is 0 Å². The van der Waals surface area contributed by atoms with Crippen molar-refractivity contribution in [3.05, 3.63) is 145 Å². The molecule has 0 saturated heterocycles. The molecule has 1 unspecified atom stereocenters. The number of para-hydroxylation sites is 3. The van der Waals surface area contributed by atoms with Crippen LogP contribution in [0, 0.1) is 0 Å². The molecule has 7 aromatic rings. The topological polar surface area (TPSA) is 46.7 Å². The summed E-state index contributed by atoms with van der Waals surface area (Å²) >= 11 is 0. The van der Waals surface area contributed by atoms with Crippen molar-refractivity contribution >= 4 is 27.5 Å². The zero-order chi connectivity index (χ0) is 26.3. The minimum Gasteiger partial charge on any atom is -0.397 e. The van der Waals surface area contributed by atoms with Crippen molar-refractivity contribution in [3.63, 3.8) is 0 Å². The van der Waals surface area contributed by atoms with E-state index in [0.29, 0.717) is 0 Å². The number of rotatable bonds is 5. The van der Waals surface area contributed by atoms with Crippen LogP contribution in [0.1, 0.15) is 24.0 Å². The molecule has 3 nitrogen and oxygen atoms in total. The van der Waals surface area contributed by atoms with Crippen LogP contribution < -0.4 is 5.73 Å². The highest BCUT2D eigenvalue weighted by molar-refractivity contribution is 6.11. The molecule has 0 aliphatic heterocycles. The lowest BCUT2D eigenvalue weighted by atomic mass is 9.87. The Balaban J connectivity index is 1.31. The Morgan fingerprint density at radius 3 is 2.15 bits per heavy atom. The molecule has 5 aromatic carbocycles. The molecule has 0 aliphatic carbocycles. The molecule has 0 aliphatic rings. The molecule has 0 saturated carbocycles. The van der Waals surface area contributed by atoms with Crippen LogP contribution in [0.25, 0.3) is 49.7 Å². The molecule has 0 bridgehead atoms. The molecule has 39 heavy (non-hydrogen) atoms.